The van der Waals surface area contributed by atoms with Crippen molar-refractivity contribution >= 4 is 41.6 Å². The summed E-state index contributed by atoms with van der Waals surface area (Å²) in [5.41, 5.74) is 8.95. The van der Waals surface area contributed by atoms with E-state index in [1.807, 2.05) is 71.2 Å². The predicted octanol–water partition coefficient (Wildman–Crippen LogP) is 4.99. The summed E-state index contributed by atoms with van der Waals surface area (Å²) >= 11 is 0. The van der Waals surface area contributed by atoms with Crippen LogP contribution in [0.5, 0.6) is 11.5 Å². The van der Waals surface area contributed by atoms with E-state index in [-0.39, 0.29) is 11.8 Å². The molecule has 0 saturated carbocycles. The van der Waals surface area contributed by atoms with Gasteiger partial charge in [0.1, 0.15) is 11.5 Å². The molecule has 55 heavy (non-hydrogen) atoms. The summed E-state index contributed by atoms with van der Waals surface area (Å²) in [4.78, 5) is 35.8. The molecule has 2 saturated heterocycles. The number of nitrogens with one attached hydrogen (secondary N) is 1. The number of carbonyl (C=O) groups excluding carboxylic acids is 2. The van der Waals surface area contributed by atoms with Crippen LogP contribution in [0.25, 0.3) is 0 Å². The molecule has 0 bridgehead atoms. The molecule has 288 valence electrons. The molecule has 11 nitrogen and oxygen atoms in total. The Balaban J connectivity index is 0.000000170. The highest BCUT2D eigenvalue weighted by Gasteiger charge is 2.27. The van der Waals surface area contributed by atoms with Gasteiger partial charge in [0.05, 0.1) is 27.3 Å². The standard InChI is InChI=1S/C22H28BN3O3.C21H25N3O2/c1-23(28)25-11-9-24(10-12-25)19-13-17(14-20(15-19)29-2)16-26-21-6-4-3-5-18(21)7-8-22(26)27;1-26-19-13-16(12-18(14-19)23-10-8-22-9-11-23)15-24-20-5-3-2-4-17(20)6-7-21(24)25/h3-6,13-15,28H,7-12,16H2,1-2H3;2-5,12-14,22H,6-11,15H2,1H3. The van der Waals surface area contributed by atoms with Gasteiger partial charge in [-0.2, -0.15) is 0 Å². The molecule has 2 fully saturated rings. The molecule has 4 heterocycles. The molecule has 0 atom stereocenters. The molecule has 2 N–H and O–H groups in total. The fourth-order valence-corrected chi connectivity index (χ4v) is 8.05. The summed E-state index contributed by atoms with van der Waals surface area (Å²) in [5, 5.41) is 13.2. The summed E-state index contributed by atoms with van der Waals surface area (Å²) in [7, 11) is 2.96. The van der Waals surface area contributed by atoms with Crippen LogP contribution < -0.4 is 34.4 Å². The topological polar surface area (TPSA) is 101 Å². The van der Waals surface area contributed by atoms with Crippen LogP contribution in [0.4, 0.5) is 22.7 Å². The zero-order valence-corrected chi connectivity index (χ0v) is 32.4. The molecule has 4 aromatic carbocycles. The number of methoxy groups -OCH3 is 2. The van der Waals surface area contributed by atoms with Crippen LogP contribution in [0.15, 0.2) is 84.9 Å². The van der Waals surface area contributed by atoms with Crippen molar-refractivity contribution in [3.8, 4) is 11.5 Å². The van der Waals surface area contributed by atoms with E-state index in [4.69, 9.17) is 9.47 Å². The second-order valence-corrected chi connectivity index (χ2v) is 14.7. The zero-order valence-electron chi connectivity index (χ0n) is 32.4. The Morgan fingerprint density at radius 3 is 1.53 bits per heavy atom. The van der Waals surface area contributed by atoms with Crippen molar-refractivity contribution in [2.75, 3.05) is 86.2 Å². The SMILES string of the molecule is COc1cc(CN2C(=O)CCc3ccccc32)cc(N2CCN(B(C)O)CC2)c1.COc1cc(CN2C(=O)CCc3ccccc32)cc(N2CCNCC2)c1. The van der Waals surface area contributed by atoms with Gasteiger partial charge in [-0.1, -0.05) is 36.4 Å². The molecule has 0 radical (unpaired) electrons. The Hall–Kier alpha value is -5.04. The molecule has 4 aliphatic heterocycles. The van der Waals surface area contributed by atoms with Gasteiger partial charge in [0, 0.05) is 100 Å². The first-order valence-electron chi connectivity index (χ1n) is 19.5. The van der Waals surface area contributed by atoms with Gasteiger partial charge in [0.25, 0.3) is 0 Å². The third-order valence-corrected chi connectivity index (χ3v) is 11.1. The van der Waals surface area contributed by atoms with Crippen LogP contribution >= 0.6 is 0 Å². The molecular weight excluding hydrogens is 691 g/mol. The first-order chi connectivity index (χ1) is 26.8. The highest BCUT2D eigenvalue weighted by Crippen LogP contribution is 2.33. The summed E-state index contributed by atoms with van der Waals surface area (Å²) in [6, 6.07) is 28.9. The first-order valence-corrected chi connectivity index (χ1v) is 19.5. The van der Waals surface area contributed by atoms with Crippen LogP contribution in [0.3, 0.4) is 0 Å². The number of hydrogen-bond donors (Lipinski definition) is 2. The summed E-state index contributed by atoms with van der Waals surface area (Å²) in [6.45, 7) is 10.2. The average Bonchev–Trinajstić information content (AvgIpc) is 3.23. The fourth-order valence-electron chi connectivity index (χ4n) is 8.05. The Labute approximate surface area is 325 Å². The summed E-state index contributed by atoms with van der Waals surface area (Å²) in [6.07, 6.45) is 2.76. The largest absolute Gasteiger partial charge is 0.497 e. The number of anilines is 4. The van der Waals surface area contributed by atoms with E-state index in [1.165, 1.54) is 16.8 Å². The van der Waals surface area contributed by atoms with Gasteiger partial charge in [-0.15, -0.1) is 0 Å². The number of rotatable bonds is 9. The number of fused-ring (bicyclic) bond motifs is 2. The Morgan fingerprint density at radius 1 is 0.618 bits per heavy atom. The van der Waals surface area contributed by atoms with Crippen molar-refractivity contribution in [1.82, 2.24) is 10.1 Å². The molecule has 2 amide bonds. The van der Waals surface area contributed by atoms with Crippen LogP contribution in [0, 0.1) is 0 Å². The van der Waals surface area contributed by atoms with E-state index in [2.05, 4.69) is 50.3 Å². The van der Waals surface area contributed by atoms with Gasteiger partial charge in [-0.05, 0) is 78.3 Å². The maximum atomic E-state index is 12.7. The quantitative estimate of drug-likeness (QED) is 0.230. The van der Waals surface area contributed by atoms with Crippen LogP contribution in [0.1, 0.15) is 35.1 Å². The molecule has 0 aliphatic carbocycles. The van der Waals surface area contributed by atoms with E-state index in [0.717, 1.165) is 105 Å². The number of aryl methyl sites for hydroxylation is 2. The van der Waals surface area contributed by atoms with Crippen LogP contribution in [0.2, 0.25) is 6.82 Å². The predicted molar refractivity (Wildman–Crippen MR) is 221 cm³/mol. The van der Waals surface area contributed by atoms with Crippen LogP contribution in [-0.2, 0) is 35.5 Å². The number of nitrogens with zero attached hydrogens (tertiary/aromatic N) is 5. The fraction of sp³-hybridized carbons (Fsp3) is 0.395. The Morgan fingerprint density at radius 2 is 1.07 bits per heavy atom. The van der Waals surface area contributed by atoms with Gasteiger partial charge < -0.3 is 44.2 Å². The van der Waals surface area contributed by atoms with Crippen molar-refractivity contribution in [2.24, 2.45) is 0 Å². The van der Waals surface area contributed by atoms with E-state index in [1.54, 1.807) is 14.2 Å². The lowest BCUT2D eigenvalue weighted by molar-refractivity contribution is -0.119. The number of hydrogen-bond acceptors (Lipinski definition) is 9. The van der Waals surface area contributed by atoms with E-state index in [9.17, 15) is 14.6 Å². The molecule has 0 spiro atoms. The first kappa shape index (κ1) is 38.2. The Bertz CT molecular complexity index is 1960. The highest BCUT2D eigenvalue weighted by molar-refractivity contribution is 6.45. The normalized spacial score (nSPS) is 17.2. The van der Waals surface area contributed by atoms with Gasteiger partial charge in [-0.25, -0.2) is 0 Å². The maximum Gasteiger partial charge on any atom is 0.376 e. The van der Waals surface area contributed by atoms with Crippen LogP contribution in [-0.4, -0.2) is 95.3 Å². The minimum absolute atomic E-state index is 0.165. The second kappa shape index (κ2) is 17.6. The number of piperazine rings is 2. The highest BCUT2D eigenvalue weighted by atomic mass is 16.5. The minimum Gasteiger partial charge on any atom is -0.497 e. The van der Waals surface area contributed by atoms with Crippen molar-refractivity contribution in [3.63, 3.8) is 0 Å². The molecule has 4 aromatic rings. The lowest BCUT2D eigenvalue weighted by Gasteiger charge is -2.37. The third kappa shape index (κ3) is 9.10. The van der Waals surface area contributed by atoms with E-state index < -0.39 is 7.05 Å². The van der Waals surface area contributed by atoms with Gasteiger partial charge >= 0.3 is 7.05 Å². The lowest BCUT2D eigenvalue weighted by atomic mass is 9.84. The van der Waals surface area contributed by atoms with Gasteiger partial charge in [0.15, 0.2) is 0 Å². The van der Waals surface area contributed by atoms with E-state index in [0.29, 0.717) is 25.9 Å². The smallest absolute Gasteiger partial charge is 0.376 e. The Kier molecular flexibility index (Phi) is 12.3. The molecule has 8 rings (SSSR count). The number of carbonyl (C=O) groups is 2. The number of benzene rings is 4. The van der Waals surface area contributed by atoms with Crippen molar-refractivity contribution < 1.29 is 24.1 Å². The minimum atomic E-state index is -0.414. The number of para-hydroxylation sites is 2. The summed E-state index contributed by atoms with van der Waals surface area (Å²) < 4.78 is 11.1. The zero-order chi connectivity index (χ0) is 38.3. The second-order valence-electron chi connectivity index (χ2n) is 14.7. The number of amides is 2. The maximum absolute atomic E-state index is 12.7. The van der Waals surface area contributed by atoms with Crippen molar-refractivity contribution in [1.29, 1.82) is 0 Å². The monoisotopic (exact) mass is 744 g/mol. The van der Waals surface area contributed by atoms with Gasteiger partial charge in [-0.3, -0.25) is 9.59 Å². The molecule has 0 unspecified atom stereocenters. The van der Waals surface area contributed by atoms with Crippen molar-refractivity contribution in [3.05, 3.63) is 107 Å². The third-order valence-electron chi connectivity index (χ3n) is 11.1. The molecule has 4 aliphatic rings. The molecule has 12 heteroatoms. The summed E-state index contributed by atoms with van der Waals surface area (Å²) in [5.74, 6) is 2.00. The lowest BCUT2D eigenvalue weighted by Crippen LogP contribution is -2.51. The van der Waals surface area contributed by atoms with E-state index >= 15 is 0 Å². The molecular formula is C43H53BN6O5. The number of ether oxygens (including phenoxy) is 2. The van der Waals surface area contributed by atoms with Crippen molar-refractivity contribution in [2.45, 2.75) is 45.6 Å². The van der Waals surface area contributed by atoms with Gasteiger partial charge in [0.2, 0.25) is 11.8 Å². The average molecular weight is 745 g/mol. The molecule has 0 aromatic heterocycles.